The molecule has 1 aliphatic heterocycles. The summed E-state index contributed by atoms with van der Waals surface area (Å²) in [6, 6.07) is 3.12. The van der Waals surface area contributed by atoms with Gasteiger partial charge < -0.3 is 5.32 Å². The van der Waals surface area contributed by atoms with Crippen LogP contribution in [0, 0.1) is 5.92 Å². The van der Waals surface area contributed by atoms with Crippen LogP contribution in [0.5, 0.6) is 0 Å². The molecule has 0 spiro atoms. The Kier molecular flexibility index (Phi) is 3.78. The molecule has 94 valence electrons. The Labute approximate surface area is 112 Å². The van der Waals surface area contributed by atoms with Gasteiger partial charge in [0.2, 0.25) is 0 Å². The van der Waals surface area contributed by atoms with E-state index in [9.17, 15) is 0 Å². The van der Waals surface area contributed by atoms with Crippen molar-refractivity contribution in [1.29, 1.82) is 0 Å². The molecular formula is C14H21NS2. The summed E-state index contributed by atoms with van der Waals surface area (Å²) in [5.74, 6) is 3.57. The molecule has 2 heterocycles. The number of aryl methyl sites for hydroxylation is 1. The smallest absolute Gasteiger partial charge is 0.0417 e. The molecule has 1 aromatic rings. The molecule has 1 saturated carbocycles. The van der Waals surface area contributed by atoms with Crippen molar-refractivity contribution in [1.82, 2.24) is 5.32 Å². The van der Waals surface area contributed by atoms with E-state index in [1.807, 2.05) is 0 Å². The fourth-order valence-corrected chi connectivity index (χ4v) is 5.04. The minimum absolute atomic E-state index is 0.632. The highest BCUT2D eigenvalue weighted by atomic mass is 32.2. The van der Waals surface area contributed by atoms with Crippen molar-refractivity contribution in [2.45, 2.75) is 44.4 Å². The van der Waals surface area contributed by atoms with E-state index in [1.54, 1.807) is 15.3 Å². The molecular weight excluding hydrogens is 246 g/mol. The maximum Gasteiger partial charge on any atom is 0.0417 e. The maximum atomic E-state index is 3.68. The zero-order valence-corrected chi connectivity index (χ0v) is 12.1. The Balaban J connectivity index is 1.76. The molecule has 1 atom stereocenters. The average molecular weight is 267 g/mol. The Hall–Kier alpha value is 0.01000. The third-order valence-electron chi connectivity index (χ3n) is 3.71. The summed E-state index contributed by atoms with van der Waals surface area (Å²) < 4.78 is 0. The molecule has 0 aromatic carbocycles. The molecule has 2 aliphatic rings. The van der Waals surface area contributed by atoms with Crippen molar-refractivity contribution in [3.63, 3.8) is 0 Å². The highest BCUT2D eigenvalue weighted by Crippen LogP contribution is 2.41. The van der Waals surface area contributed by atoms with Gasteiger partial charge in [0.1, 0.15) is 0 Å². The SMILES string of the molecule is CCNC(CC1CC1)c1cc2c(s1)CCSC2. The second-order valence-electron chi connectivity index (χ2n) is 5.19. The topological polar surface area (TPSA) is 12.0 Å². The van der Waals surface area contributed by atoms with Gasteiger partial charge in [-0.1, -0.05) is 19.8 Å². The number of nitrogens with one attached hydrogen (secondary N) is 1. The van der Waals surface area contributed by atoms with E-state index in [0.717, 1.165) is 12.5 Å². The fraction of sp³-hybridized carbons (Fsp3) is 0.714. The summed E-state index contributed by atoms with van der Waals surface area (Å²) in [7, 11) is 0. The van der Waals surface area contributed by atoms with Gasteiger partial charge in [0, 0.05) is 21.5 Å². The summed E-state index contributed by atoms with van der Waals surface area (Å²) in [4.78, 5) is 3.27. The predicted octanol–water partition coefficient (Wildman–Crippen LogP) is 3.99. The van der Waals surface area contributed by atoms with Gasteiger partial charge in [-0.25, -0.2) is 0 Å². The minimum atomic E-state index is 0.632. The van der Waals surface area contributed by atoms with Gasteiger partial charge in [-0.15, -0.1) is 11.3 Å². The van der Waals surface area contributed by atoms with E-state index in [4.69, 9.17) is 0 Å². The molecule has 3 heteroatoms. The number of hydrogen-bond donors (Lipinski definition) is 1. The second kappa shape index (κ2) is 5.33. The van der Waals surface area contributed by atoms with Crippen molar-refractivity contribution >= 4 is 23.1 Å². The molecule has 0 saturated heterocycles. The lowest BCUT2D eigenvalue weighted by Gasteiger charge is -2.15. The first-order valence-electron chi connectivity index (χ1n) is 6.79. The molecule has 1 fully saturated rings. The molecule has 0 radical (unpaired) electrons. The van der Waals surface area contributed by atoms with E-state index in [1.165, 1.54) is 37.2 Å². The van der Waals surface area contributed by atoms with Crippen LogP contribution in [0.3, 0.4) is 0 Å². The molecule has 1 aromatic heterocycles. The van der Waals surface area contributed by atoms with Gasteiger partial charge in [0.15, 0.2) is 0 Å². The van der Waals surface area contributed by atoms with E-state index in [0.29, 0.717) is 6.04 Å². The van der Waals surface area contributed by atoms with E-state index < -0.39 is 0 Å². The largest absolute Gasteiger partial charge is 0.310 e. The first-order valence-corrected chi connectivity index (χ1v) is 8.76. The van der Waals surface area contributed by atoms with Crippen molar-refractivity contribution in [2.24, 2.45) is 5.92 Å². The summed E-state index contributed by atoms with van der Waals surface area (Å²) in [6.45, 7) is 3.32. The van der Waals surface area contributed by atoms with E-state index in [2.05, 4.69) is 41.4 Å². The van der Waals surface area contributed by atoms with Crippen LogP contribution in [0.4, 0.5) is 0 Å². The lowest BCUT2D eigenvalue weighted by atomic mass is 10.1. The van der Waals surface area contributed by atoms with Gasteiger partial charge >= 0.3 is 0 Å². The summed E-state index contributed by atoms with van der Waals surface area (Å²) in [6.07, 6.45) is 5.58. The first-order chi connectivity index (χ1) is 8.36. The lowest BCUT2D eigenvalue weighted by molar-refractivity contribution is 0.493. The quantitative estimate of drug-likeness (QED) is 0.866. The van der Waals surface area contributed by atoms with Crippen LogP contribution in [0.25, 0.3) is 0 Å². The zero-order valence-electron chi connectivity index (χ0n) is 10.5. The monoisotopic (exact) mass is 267 g/mol. The predicted molar refractivity (Wildman–Crippen MR) is 77.9 cm³/mol. The molecule has 1 N–H and O–H groups in total. The normalized spacial score (nSPS) is 21.2. The molecule has 0 bridgehead atoms. The maximum absolute atomic E-state index is 3.68. The summed E-state index contributed by atoms with van der Waals surface area (Å²) in [5.41, 5.74) is 1.62. The molecule has 0 amide bonds. The van der Waals surface area contributed by atoms with Crippen LogP contribution in [0.15, 0.2) is 6.07 Å². The number of hydrogen-bond acceptors (Lipinski definition) is 3. The number of thiophene rings is 1. The summed E-state index contributed by atoms with van der Waals surface area (Å²) in [5, 5.41) is 3.68. The van der Waals surface area contributed by atoms with Crippen molar-refractivity contribution < 1.29 is 0 Å². The van der Waals surface area contributed by atoms with Crippen LogP contribution < -0.4 is 5.32 Å². The third kappa shape index (κ3) is 2.88. The standard InChI is InChI=1S/C14H21NS2/c1-2-15-12(7-10-3-4-10)14-8-11-9-16-6-5-13(11)17-14/h8,10,12,15H,2-7,9H2,1H3. The Morgan fingerprint density at radius 3 is 3.06 bits per heavy atom. The minimum Gasteiger partial charge on any atom is -0.310 e. The highest BCUT2D eigenvalue weighted by Gasteiger charge is 2.27. The lowest BCUT2D eigenvalue weighted by Crippen LogP contribution is -2.20. The van der Waals surface area contributed by atoms with Gasteiger partial charge in [-0.3, -0.25) is 0 Å². The van der Waals surface area contributed by atoms with Gasteiger partial charge in [-0.05, 0) is 42.7 Å². The number of fused-ring (bicyclic) bond motifs is 1. The first kappa shape index (κ1) is 12.1. The molecule has 3 rings (SSSR count). The zero-order chi connectivity index (χ0) is 11.7. The molecule has 17 heavy (non-hydrogen) atoms. The second-order valence-corrected chi connectivity index (χ2v) is 7.46. The van der Waals surface area contributed by atoms with Gasteiger partial charge in [0.05, 0.1) is 0 Å². The van der Waals surface area contributed by atoms with Gasteiger partial charge in [-0.2, -0.15) is 11.8 Å². The van der Waals surface area contributed by atoms with Crippen molar-refractivity contribution in [2.75, 3.05) is 12.3 Å². The Bertz CT molecular complexity index is 358. The molecule has 1 nitrogen and oxygen atoms in total. The molecule has 1 unspecified atom stereocenters. The number of rotatable bonds is 5. The Morgan fingerprint density at radius 1 is 1.47 bits per heavy atom. The number of thioether (sulfide) groups is 1. The van der Waals surface area contributed by atoms with E-state index >= 15 is 0 Å². The van der Waals surface area contributed by atoms with Crippen LogP contribution in [-0.2, 0) is 12.2 Å². The molecule has 1 aliphatic carbocycles. The van der Waals surface area contributed by atoms with Crippen LogP contribution >= 0.6 is 23.1 Å². The van der Waals surface area contributed by atoms with Crippen LogP contribution in [0.2, 0.25) is 0 Å². The van der Waals surface area contributed by atoms with Crippen LogP contribution in [0.1, 0.15) is 47.5 Å². The van der Waals surface area contributed by atoms with Crippen molar-refractivity contribution in [3.05, 3.63) is 21.4 Å². The fourth-order valence-electron chi connectivity index (χ4n) is 2.58. The van der Waals surface area contributed by atoms with Gasteiger partial charge in [0.25, 0.3) is 0 Å². The third-order valence-corrected chi connectivity index (χ3v) is 6.07. The van der Waals surface area contributed by atoms with Crippen molar-refractivity contribution in [3.8, 4) is 0 Å². The summed E-state index contributed by atoms with van der Waals surface area (Å²) >= 11 is 4.17. The average Bonchev–Trinajstić information content (AvgIpc) is 3.05. The Morgan fingerprint density at radius 2 is 2.35 bits per heavy atom. The van der Waals surface area contributed by atoms with Crippen LogP contribution in [-0.4, -0.2) is 12.3 Å². The van der Waals surface area contributed by atoms with E-state index in [-0.39, 0.29) is 0 Å². The highest BCUT2D eigenvalue weighted by molar-refractivity contribution is 7.98.